The number of nitrogen functional groups attached to an aromatic ring is 1. The Labute approximate surface area is 85.5 Å². The molecule has 0 heterocycles. The minimum atomic E-state index is 0.455. The van der Waals surface area contributed by atoms with Crippen LogP contribution >= 0.6 is 0 Å². The third-order valence-electron chi connectivity index (χ3n) is 3.22. The second kappa shape index (κ2) is 2.91. The van der Waals surface area contributed by atoms with E-state index in [2.05, 4.69) is 32.2 Å². The van der Waals surface area contributed by atoms with Crippen molar-refractivity contribution in [2.24, 2.45) is 5.41 Å². The number of nitrogens with one attached hydrogen (secondary N) is 1. The second-order valence-corrected chi connectivity index (χ2v) is 4.91. The van der Waals surface area contributed by atoms with Crippen LogP contribution in [0.15, 0.2) is 18.2 Å². The second-order valence-electron chi connectivity index (χ2n) is 4.91. The number of anilines is 2. The van der Waals surface area contributed by atoms with Crippen molar-refractivity contribution in [2.45, 2.75) is 33.2 Å². The van der Waals surface area contributed by atoms with Gasteiger partial charge in [-0.15, -0.1) is 0 Å². The van der Waals surface area contributed by atoms with Crippen molar-refractivity contribution in [3.8, 4) is 0 Å². The maximum Gasteiger partial charge on any atom is 0.0392 e. The van der Waals surface area contributed by atoms with Gasteiger partial charge in [0.05, 0.1) is 0 Å². The summed E-state index contributed by atoms with van der Waals surface area (Å²) >= 11 is 0. The lowest BCUT2D eigenvalue weighted by Crippen LogP contribution is -2.09. The SMILES string of the molecule is Cc1c(N)cccc1NC1CC1(C)C. The van der Waals surface area contributed by atoms with Crippen LogP contribution in [0.1, 0.15) is 25.8 Å². The summed E-state index contributed by atoms with van der Waals surface area (Å²) in [6, 6.07) is 6.65. The summed E-state index contributed by atoms with van der Waals surface area (Å²) in [6.07, 6.45) is 1.25. The summed E-state index contributed by atoms with van der Waals surface area (Å²) < 4.78 is 0. The van der Waals surface area contributed by atoms with Crippen LogP contribution in [0.5, 0.6) is 0 Å². The topological polar surface area (TPSA) is 38.0 Å². The van der Waals surface area contributed by atoms with Gasteiger partial charge in [0.2, 0.25) is 0 Å². The lowest BCUT2D eigenvalue weighted by atomic mass is 10.1. The Bertz CT molecular complexity index is 355. The standard InChI is InChI=1S/C12H18N2/c1-8-9(13)5-4-6-10(8)14-11-7-12(11,2)3/h4-6,11,14H,7,13H2,1-3H3. The molecule has 14 heavy (non-hydrogen) atoms. The van der Waals surface area contributed by atoms with Crippen molar-refractivity contribution in [2.75, 3.05) is 11.1 Å². The average Bonchev–Trinajstić information content (AvgIpc) is 2.68. The van der Waals surface area contributed by atoms with Gasteiger partial charge in [0.15, 0.2) is 0 Å². The molecule has 76 valence electrons. The molecule has 1 atom stereocenters. The first-order chi connectivity index (χ1) is 6.50. The van der Waals surface area contributed by atoms with Crippen LogP contribution < -0.4 is 11.1 Å². The molecule has 1 unspecified atom stereocenters. The van der Waals surface area contributed by atoms with E-state index in [1.165, 1.54) is 12.1 Å². The molecule has 0 spiro atoms. The first-order valence-electron chi connectivity index (χ1n) is 5.12. The zero-order chi connectivity index (χ0) is 10.3. The number of benzene rings is 1. The van der Waals surface area contributed by atoms with Crippen molar-refractivity contribution < 1.29 is 0 Å². The molecule has 2 rings (SSSR count). The molecule has 2 nitrogen and oxygen atoms in total. The van der Waals surface area contributed by atoms with Crippen LogP contribution in [0.4, 0.5) is 11.4 Å². The van der Waals surface area contributed by atoms with Gasteiger partial charge in [0, 0.05) is 17.4 Å². The lowest BCUT2D eigenvalue weighted by molar-refractivity contribution is 0.630. The van der Waals surface area contributed by atoms with Crippen LogP contribution in [0.3, 0.4) is 0 Å². The van der Waals surface area contributed by atoms with E-state index < -0.39 is 0 Å². The van der Waals surface area contributed by atoms with E-state index in [0.717, 1.165) is 11.3 Å². The number of nitrogens with two attached hydrogens (primary N) is 1. The summed E-state index contributed by atoms with van der Waals surface area (Å²) in [5.74, 6) is 0. The summed E-state index contributed by atoms with van der Waals surface area (Å²) in [4.78, 5) is 0. The Morgan fingerprint density at radius 2 is 2.07 bits per heavy atom. The number of hydrogen-bond acceptors (Lipinski definition) is 2. The Morgan fingerprint density at radius 3 is 2.64 bits per heavy atom. The lowest BCUT2D eigenvalue weighted by Gasteiger charge is -2.12. The van der Waals surface area contributed by atoms with Crippen LogP contribution in [-0.4, -0.2) is 6.04 Å². The summed E-state index contributed by atoms with van der Waals surface area (Å²) in [5, 5.41) is 3.54. The Balaban J connectivity index is 2.14. The molecule has 3 N–H and O–H groups in total. The minimum Gasteiger partial charge on any atom is -0.398 e. The fourth-order valence-corrected chi connectivity index (χ4v) is 1.71. The van der Waals surface area contributed by atoms with E-state index in [1.54, 1.807) is 0 Å². The number of rotatable bonds is 2. The largest absolute Gasteiger partial charge is 0.398 e. The van der Waals surface area contributed by atoms with Crippen molar-refractivity contribution in [3.63, 3.8) is 0 Å². The normalized spacial score (nSPS) is 23.2. The molecule has 0 aliphatic heterocycles. The van der Waals surface area contributed by atoms with Gasteiger partial charge in [-0.05, 0) is 36.5 Å². The van der Waals surface area contributed by atoms with E-state index in [4.69, 9.17) is 5.73 Å². The van der Waals surface area contributed by atoms with E-state index in [1.807, 2.05) is 12.1 Å². The van der Waals surface area contributed by atoms with Gasteiger partial charge in [-0.25, -0.2) is 0 Å². The van der Waals surface area contributed by atoms with Crippen LogP contribution in [0.2, 0.25) is 0 Å². The highest BCUT2D eigenvalue weighted by atomic mass is 15.0. The zero-order valence-corrected chi connectivity index (χ0v) is 9.09. The quantitative estimate of drug-likeness (QED) is 0.704. The molecule has 0 saturated heterocycles. The highest BCUT2D eigenvalue weighted by molar-refractivity contribution is 5.63. The van der Waals surface area contributed by atoms with Gasteiger partial charge in [-0.2, -0.15) is 0 Å². The van der Waals surface area contributed by atoms with Crippen molar-refractivity contribution in [1.29, 1.82) is 0 Å². The molecule has 0 radical (unpaired) electrons. The Kier molecular flexibility index (Phi) is 1.95. The first kappa shape index (κ1) is 9.38. The van der Waals surface area contributed by atoms with Gasteiger partial charge >= 0.3 is 0 Å². The van der Waals surface area contributed by atoms with Crippen molar-refractivity contribution in [1.82, 2.24) is 0 Å². The van der Waals surface area contributed by atoms with E-state index >= 15 is 0 Å². The summed E-state index contributed by atoms with van der Waals surface area (Å²) in [5.41, 5.74) is 9.51. The molecule has 0 bridgehead atoms. The minimum absolute atomic E-state index is 0.455. The molecule has 1 saturated carbocycles. The predicted molar refractivity (Wildman–Crippen MR) is 61.4 cm³/mol. The van der Waals surface area contributed by atoms with Crippen molar-refractivity contribution in [3.05, 3.63) is 23.8 Å². The third kappa shape index (κ3) is 1.57. The maximum absolute atomic E-state index is 5.84. The Morgan fingerprint density at radius 1 is 1.43 bits per heavy atom. The molecule has 0 aromatic heterocycles. The molecular formula is C12H18N2. The molecule has 1 aliphatic carbocycles. The Hall–Kier alpha value is -1.18. The van der Waals surface area contributed by atoms with Gasteiger partial charge < -0.3 is 11.1 Å². The van der Waals surface area contributed by atoms with Gasteiger partial charge in [0.1, 0.15) is 0 Å². The maximum atomic E-state index is 5.84. The molecular weight excluding hydrogens is 172 g/mol. The highest BCUT2D eigenvalue weighted by Crippen LogP contribution is 2.46. The van der Waals surface area contributed by atoms with E-state index in [0.29, 0.717) is 11.5 Å². The van der Waals surface area contributed by atoms with Crippen molar-refractivity contribution >= 4 is 11.4 Å². The average molecular weight is 190 g/mol. The third-order valence-corrected chi connectivity index (χ3v) is 3.22. The number of hydrogen-bond donors (Lipinski definition) is 2. The van der Waals surface area contributed by atoms with E-state index in [-0.39, 0.29) is 0 Å². The predicted octanol–water partition coefficient (Wildman–Crippen LogP) is 2.79. The molecule has 0 amide bonds. The highest BCUT2D eigenvalue weighted by Gasteiger charge is 2.45. The molecule has 1 fully saturated rings. The molecule has 1 aromatic rings. The molecule has 1 aromatic carbocycles. The summed E-state index contributed by atoms with van der Waals surface area (Å²) in [7, 11) is 0. The molecule has 2 heteroatoms. The fourth-order valence-electron chi connectivity index (χ4n) is 1.71. The van der Waals surface area contributed by atoms with Gasteiger partial charge in [0.25, 0.3) is 0 Å². The summed E-state index contributed by atoms with van der Waals surface area (Å²) in [6.45, 7) is 6.63. The van der Waals surface area contributed by atoms with Crippen LogP contribution in [-0.2, 0) is 0 Å². The smallest absolute Gasteiger partial charge is 0.0392 e. The van der Waals surface area contributed by atoms with Crippen LogP contribution in [0.25, 0.3) is 0 Å². The fraction of sp³-hybridized carbons (Fsp3) is 0.500. The molecule has 1 aliphatic rings. The van der Waals surface area contributed by atoms with Gasteiger partial charge in [-0.3, -0.25) is 0 Å². The first-order valence-corrected chi connectivity index (χ1v) is 5.12. The zero-order valence-electron chi connectivity index (χ0n) is 9.09. The van der Waals surface area contributed by atoms with E-state index in [9.17, 15) is 0 Å². The monoisotopic (exact) mass is 190 g/mol. The van der Waals surface area contributed by atoms with Crippen LogP contribution in [0, 0.1) is 12.3 Å². The van der Waals surface area contributed by atoms with Gasteiger partial charge in [-0.1, -0.05) is 19.9 Å².